The molecule has 0 unspecified atom stereocenters. The molecule has 0 fully saturated rings. The number of halogens is 1. The minimum atomic E-state index is -0.320. The second-order valence-corrected chi connectivity index (χ2v) is 5.12. The molecule has 0 aromatic heterocycles. The molecule has 1 aliphatic carbocycles. The third-order valence-corrected chi connectivity index (χ3v) is 3.66. The lowest BCUT2D eigenvalue weighted by Crippen LogP contribution is -1.91. The smallest absolute Gasteiger partial charge is 0.158 e. The van der Waals surface area contributed by atoms with Crippen molar-refractivity contribution in [1.29, 1.82) is 0 Å². The van der Waals surface area contributed by atoms with Gasteiger partial charge in [-0.1, -0.05) is 6.07 Å². The van der Waals surface area contributed by atoms with Gasteiger partial charge in [-0.2, -0.15) is 0 Å². The summed E-state index contributed by atoms with van der Waals surface area (Å²) in [7, 11) is 0. The fraction of sp³-hybridized carbons (Fsp3) is 0. The van der Waals surface area contributed by atoms with Crippen LogP contribution >= 0.6 is 0 Å². The molecule has 1 heterocycles. The Morgan fingerprint density at radius 2 is 1.77 bits per heavy atom. The monoisotopic (exact) mass is 297 g/mol. The van der Waals surface area contributed by atoms with Crippen LogP contribution < -0.4 is 5.32 Å². The molecule has 1 aliphatic heterocycles. The van der Waals surface area contributed by atoms with Crippen molar-refractivity contribution >= 4 is 22.3 Å². The van der Waals surface area contributed by atoms with Crippen LogP contribution in [-0.2, 0) is 0 Å². The number of benzene rings is 2. The van der Waals surface area contributed by atoms with Crippen molar-refractivity contribution in [1.82, 2.24) is 10.2 Å². The highest BCUT2D eigenvalue weighted by molar-refractivity contribution is 6.05. The SMILES string of the molecule is Oc1cc2cc3c(Nc4cccc(F)c4)[nH][nH]c-3c2cc1O. The fourth-order valence-corrected chi connectivity index (χ4v) is 2.63. The normalized spacial score (nSPS) is 11.3. The Morgan fingerprint density at radius 1 is 0.955 bits per heavy atom. The van der Waals surface area contributed by atoms with Crippen molar-refractivity contribution in [3.05, 3.63) is 48.3 Å². The van der Waals surface area contributed by atoms with Crippen LogP contribution in [0.25, 0.3) is 22.0 Å². The molecular weight excluding hydrogens is 285 g/mol. The summed E-state index contributed by atoms with van der Waals surface area (Å²) in [6.45, 7) is 0. The van der Waals surface area contributed by atoms with E-state index in [0.29, 0.717) is 11.5 Å². The zero-order chi connectivity index (χ0) is 15.3. The largest absolute Gasteiger partial charge is 0.504 e. The molecule has 0 amide bonds. The molecule has 5 nitrogen and oxygen atoms in total. The number of H-pyrrole nitrogens is 2. The highest BCUT2D eigenvalue weighted by Gasteiger charge is 2.18. The first-order chi connectivity index (χ1) is 10.6. The number of hydrogen-bond acceptors (Lipinski definition) is 3. The lowest BCUT2D eigenvalue weighted by Gasteiger charge is -2.04. The van der Waals surface area contributed by atoms with Gasteiger partial charge >= 0.3 is 0 Å². The van der Waals surface area contributed by atoms with Crippen molar-refractivity contribution in [2.45, 2.75) is 0 Å². The summed E-state index contributed by atoms with van der Waals surface area (Å²) in [4.78, 5) is 0. The molecular formula is C16H12FN3O2. The van der Waals surface area contributed by atoms with Gasteiger partial charge in [0, 0.05) is 16.6 Å². The van der Waals surface area contributed by atoms with Crippen molar-refractivity contribution in [2.75, 3.05) is 5.32 Å². The third kappa shape index (κ3) is 1.85. The third-order valence-electron chi connectivity index (χ3n) is 3.66. The zero-order valence-corrected chi connectivity index (χ0v) is 11.3. The summed E-state index contributed by atoms with van der Waals surface area (Å²) in [5, 5.41) is 29.9. The zero-order valence-electron chi connectivity index (χ0n) is 11.3. The second-order valence-electron chi connectivity index (χ2n) is 5.12. The van der Waals surface area contributed by atoms with E-state index in [1.54, 1.807) is 12.1 Å². The van der Waals surface area contributed by atoms with Gasteiger partial charge in [-0.05, 0) is 41.8 Å². The molecule has 0 atom stereocenters. The standard InChI is InChI=1S/C16H12FN3O2/c17-9-2-1-3-10(6-9)18-16-12-4-8-5-13(21)14(22)7-11(8)15(12)19-20-16/h1-7,18-22H. The van der Waals surface area contributed by atoms with E-state index in [1.807, 2.05) is 6.07 Å². The molecule has 0 saturated heterocycles. The van der Waals surface area contributed by atoms with Crippen LogP contribution in [0.5, 0.6) is 11.5 Å². The average Bonchev–Trinajstić information content (AvgIpc) is 3.01. The molecule has 2 aromatic rings. The number of rotatable bonds is 2. The number of nitrogens with one attached hydrogen (secondary N) is 3. The summed E-state index contributed by atoms with van der Waals surface area (Å²) in [6, 6.07) is 11.0. The quantitative estimate of drug-likeness (QED) is 0.364. The lowest BCUT2D eigenvalue weighted by atomic mass is 10.2. The van der Waals surface area contributed by atoms with Gasteiger partial charge in [0.05, 0.1) is 5.69 Å². The fourth-order valence-electron chi connectivity index (χ4n) is 2.63. The number of aromatic nitrogens is 2. The Bertz CT molecular complexity index is 957. The van der Waals surface area contributed by atoms with Crippen LogP contribution in [0.3, 0.4) is 0 Å². The first kappa shape index (κ1) is 12.6. The van der Waals surface area contributed by atoms with Crippen LogP contribution in [0.4, 0.5) is 15.9 Å². The van der Waals surface area contributed by atoms with E-state index in [0.717, 1.165) is 22.0 Å². The van der Waals surface area contributed by atoms with Crippen molar-refractivity contribution < 1.29 is 14.6 Å². The van der Waals surface area contributed by atoms with Crippen molar-refractivity contribution in [2.24, 2.45) is 0 Å². The summed E-state index contributed by atoms with van der Waals surface area (Å²) >= 11 is 0. The van der Waals surface area contributed by atoms with E-state index in [1.165, 1.54) is 24.3 Å². The molecule has 0 saturated carbocycles. The molecule has 4 rings (SSSR count). The van der Waals surface area contributed by atoms with Crippen molar-refractivity contribution in [3.63, 3.8) is 0 Å². The van der Waals surface area contributed by atoms with Crippen LogP contribution in [0.2, 0.25) is 0 Å². The van der Waals surface area contributed by atoms with Gasteiger partial charge in [0.15, 0.2) is 11.5 Å². The number of aromatic amines is 2. The van der Waals surface area contributed by atoms with Crippen molar-refractivity contribution in [3.8, 4) is 22.8 Å². The molecule has 110 valence electrons. The molecule has 0 bridgehead atoms. The number of anilines is 2. The second kappa shape index (κ2) is 4.42. The number of fused-ring (bicyclic) bond motifs is 3. The number of hydrogen-bond donors (Lipinski definition) is 5. The predicted molar refractivity (Wildman–Crippen MR) is 82.3 cm³/mol. The maximum absolute atomic E-state index is 13.3. The highest BCUT2D eigenvalue weighted by atomic mass is 19.1. The van der Waals surface area contributed by atoms with E-state index < -0.39 is 0 Å². The van der Waals surface area contributed by atoms with Crippen LogP contribution in [0.1, 0.15) is 0 Å². The predicted octanol–water partition coefficient (Wildman–Crippen LogP) is 3.89. The van der Waals surface area contributed by atoms with Gasteiger partial charge in [-0.15, -0.1) is 0 Å². The molecule has 22 heavy (non-hydrogen) atoms. The van der Waals surface area contributed by atoms with E-state index in [4.69, 9.17) is 0 Å². The summed E-state index contributed by atoms with van der Waals surface area (Å²) in [5.74, 6) is 0.0214. The Labute approximate surface area is 124 Å². The average molecular weight is 297 g/mol. The highest BCUT2D eigenvalue weighted by Crippen LogP contribution is 2.42. The van der Waals surface area contributed by atoms with Crippen LogP contribution in [0.15, 0.2) is 42.5 Å². The minimum Gasteiger partial charge on any atom is -0.504 e. The van der Waals surface area contributed by atoms with Crippen LogP contribution in [0, 0.1) is 5.82 Å². The Hall–Kier alpha value is -3.15. The summed E-state index contributed by atoms with van der Waals surface area (Å²) in [6.07, 6.45) is 0. The van der Waals surface area contributed by atoms with E-state index in [9.17, 15) is 14.6 Å². The molecule has 5 N–H and O–H groups in total. The van der Waals surface area contributed by atoms with Gasteiger partial charge in [-0.3, -0.25) is 10.2 Å². The van der Waals surface area contributed by atoms with Gasteiger partial charge < -0.3 is 15.5 Å². The molecule has 0 spiro atoms. The summed E-state index contributed by atoms with van der Waals surface area (Å²) in [5.41, 5.74) is 2.27. The maximum Gasteiger partial charge on any atom is 0.158 e. The molecule has 2 aliphatic rings. The van der Waals surface area contributed by atoms with E-state index >= 15 is 0 Å². The minimum absolute atomic E-state index is 0.163. The van der Waals surface area contributed by atoms with Gasteiger partial charge in [-0.25, -0.2) is 4.39 Å². The first-order valence-electron chi connectivity index (χ1n) is 6.69. The Morgan fingerprint density at radius 3 is 2.59 bits per heavy atom. The first-order valence-corrected chi connectivity index (χ1v) is 6.69. The molecule has 0 radical (unpaired) electrons. The lowest BCUT2D eigenvalue weighted by molar-refractivity contribution is 0.405. The van der Waals surface area contributed by atoms with Crippen LogP contribution in [-0.4, -0.2) is 20.4 Å². The van der Waals surface area contributed by atoms with E-state index in [-0.39, 0.29) is 17.3 Å². The number of aromatic hydroxyl groups is 2. The number of phenolic OH excluding ortho intramolecular Hbond substituents is 2. The van der Waals surface area contributed by atoms with Gasteiger partial charge in [0.1, 0.15) is 11.6 Å². The summed E-state index contributed by atoms with van der Waals surface area (Å²) < 4.78 is 13.3. The Kier molecular flexibility index (Phi) is 2.53. The van der Waals surface area contributed by atoms with E-state index in [2.05, 4.69) is 15.5 Å². The maximum atomic E-state index is 13.3. The number of phenols is 2. The Balaban J connectivity index is 1.81. The van der Waals surface area contributed by atoms with Gasteiger partial charge in [0.25, 0.3) is 0 Å². The molecule has 2 aromatic carbocycles. The molecule has 6 heteroatoms. The van der Waals surface area contributed by atoms with Gasteiger partial charge in [0.2, 0.25) is 0 Å². The topological polar surface area (TPSA) is 84.1 Å².